The van der Waals surface area contributed by atoms with Gasteiger partial charge in [0.1, 0.15) is 5.60 Å². The van der Waals surface area contributed by atoms with Crippen molar-refractivity contribution in [3.05, 3.63) is 57.3 Å². The molecule has 0 spiro atoms. The molecule has 2 rings (SSSR count). The standard InChI is InChI=1S/C19H23NO3S/c1-13-4-5-15(10-14(13)2)17(21)6-7-18(22)20-12-19(3,23)16-8-9-24-11-16/h4-5,8-11,23H,6-7,12H2,1-3H3,(H,20,22). The summed E-state index contributed by atoms with van der Waals surface area (Å²) >= 11 is 1.50. The van der Waals surface area contributed by atoms with Crippen LogP contribution in [0.5, 0.6) is 0 Å². The summed E-state index contributed by atoms with van der Waals surface area (Å²) in [7, 11) is 0. The van der Waals surface area contributed by atoms with E-state index in [2.05, 4.69) is 5.32 Å². The van der Waals surface area contributed by atoms with Crippen LogP contribution in [0.25, 0.3) is 0 Å². The summed E-state index contributed by atoms with van der Waals surface area (Å²) in [5.74, 6) is -0.277. The fourth-order valence-corrected chi connectivity index (χ4v) is 3.10. The van der Waals surface area contributed by atoms with Crippen LogP contribution in [-0.4, -0.2) is 23.3 Å². The van der Waals surface area contributed by atoms with Crippen molar-refractivity contribution in [2.45, 2.75) is 39.2 Å². The number of nitrogens with one attached hydrogen (secondary N) is 1. The summed E-state index contributed by atoms with van der Waals surface area (Å²) in [6.45, 7) is 5.75. The zero-order valence-corrected chi connectivity index (χ0v) is 15.1. The quantitative estimate of drug-likeness (QED) is 0.756. The Labute approximate surface area is 146 Å². The molecule has 5 heteroatoms. The predicted molar refractivity (Wildman–Crippen MR) is 96.4 cm³/mol. The number of hydrogen-bond donors (Lipinski definition) is 2. The van der Waals surface area contributed by atoms with Crippen molar-refractivity contribution in [3.63, 3.8) is 0 Å². The zero-order valence-electron chi connectivity index (χ0n) is 14.3. The van der Waals surface area contributed by atoms with Gasteiger partial charge in [-0.05, 0) is 60.4 Å². The molecule has 0 aliphatic rings. The lowest BCUT2D eigenvalue weighted by atomic mass is 9.99. The van der Waals surface area contributed by atoms with Crippen molar-refractivity contribution in [2.75, 3.05) is 6.54 Å². The molecule has 0 saturated heterocycles. The van der Waals surface area contributed by atoms with E-state index < -0.39 is 5.60 Å². The molecule has 1 atom stereocenters. The smallest absolute Gasteiger partial charge is 0.220 e. The molecule has 0 radical (unpaired) electrons. The summed E-state index contributed by atoms with van der Waals surface area (Å²) in [6, 6.07) is 7.40. The molecule has 0 aliphatic carbocycles. The minimum atomic E-state index is -1.10. The average molecular weight is 345 g/mol. The van der Waals surface area contributed by atoms with Gasteiger partial charge in [-0.1, -0.05) is 12.1 Å². The molecule has 0 saturated carbocycles. The largest absolute Gasteiger partial charge is 0.384 e. The SMILES string of the molecule is Cc1ccc(C(=O)CCC(=O)NCC(C)(O)c2ccsc2)cc1C. The second kappa shape index (κ2) is 7.73. The van der Waals surface area contributed by atoms with E-state index in [9.17, 15) is 14.7 Å². The number of carbonyl (C=O) groups is 2. The number of hydrogen-bond acceptors (Lipinski definition) is 4. The number of benzene rings is 1. The molecule has 0 aliphatic heterocycles. The molecule has 128 valence electrons. The van der Waals surface area contributed by atoms with Crippen LogP contribution in [0.1, 0.15) is 46.8 Å². The Kier molecular flexibility index (Phi) is 5.91. The third-order valence-corrected chi connectivity index (χ3v) is 4.86. The zero-order chi connectivity index (χ0) is 17.7. The maximum absolute atomic E-state index is 12.2. The van der Waals surface area contributed by atoms with Crippen LogP contribution in [0.2, 0.25) is 0 Å². The van der Waals surface area contributed by atoms with E-state index in [1.807, 2.05) is 42.8 Å². The van der Waals surface area contributed by atoms with Crippen molar-refractivity contribution < 1.29 is 14.7 Å². The van der Waals surface area contributed by atoms with Crippen LogP contribution in [-0.2, 0) is 10.4 Å². The first-order chi connectivity index (χ1) is 11.3. The first-order valence-electron chi connectivity index (χ1n) is 7.92. The van der Waals surface area contributed by atoms with Gasteiger partial charge in [-0.15, -0.1) is 0 Å². The Hall–Kier alpha value is -1.98. The van der Waals surface area contributed by atoms with Crippen molar-refractivity contribution in [2.24, 2.45) is 0 Å². The minimum absolute atomic E-state index is 0.0437. The Morgan fingerprint density at radius 2 is 1.92 bits per heavy atom. The van der Waals surface area contributed by atoms with Crippen LogP contribution in [0.3, 0.4) is 0 Å². The monoisotopic (exact) mass is 345 g/mol. The number of amides is 1. The molecule has 0 fully saturated rings. The molecule has 1 amide bonds. The first kappa shape index (κ1) is 18.4. The maximum atomic E-state index is 12.2. The normalized spacial score (nSPS) is 13.3. The van der Waals surface area contributed by atoms with Gasteiger partial charge in [0, 0.05) is 18.4 Å². The predicted octanol–water partition coefficient (Wildman–Crippen LogP) is 3.35. The number of carbonyl (C=O) groups excluding carboxylic acids is 2. The van der Waals surface area contributed by atoms with Gasteiger partial charge in [0.05, 0.1) is 6.54 Å². The summed E-state index contributed by atoms with van der Waals surface area (Å²) in [5.41, 5.74) is 2.51. The molecule has 0 bridgehead atoms. The van der Waals surface area contributed by atoms with Gasteiger partial charge in [0.15, 0.2) is 5.78 Å². The van der Waals surface area contributed by atoms with Crippen molar-refractivity contribution in [1.29, 1.82) is 0 Å². The molecule has 1 aromatic heterocycles. The molecular weight excluding hydrogens is 322 g/mol. The topological polar surface area (TPSA) is 66.4 Å². The molecule has 2 aromatic rings. The highest BCUT2D eigenvalue weighted by atomic mass is 32.1. The van der Waals surface area contributed by atoms with Gasteiger partial charge >= 0.3 is 0 Å². The Bertz CT molecular complexity index is 720. The van der Waals surface area contributed by atoms with Crippen LogP contribution in [0.15, 0.2) is 35.0 Å². The van der Waals surface area contributed by atoms with E-state index in [4.69, 9.17) is 0 Å². The highest BCUT2D eigenvalue weighted by molar-refractivity contribution is 7.08. The lowest BCUT2D eigenvalue weighted by molar-refractivity contribution is -0.122. The van der Waals surface area contributed by atoms with Crippen LogP contribution < -0.4 is 5.32 Å². The fourth-order valence-electron chi connectivity index (χ4n) is 2.32. The van der Waals surface area contributed by atoms with Gasteiger partial charge in [0.2, 0.25) is 5.91 Å². The maximum Gasteiger partial charge on any atom is 0.220 e. The molecule has 4 nitrogen and oxygen atoms in total. The van der Waals surface area contributed by atoms with E-state index >= 15 is 0 Å². The summed E-state index contributed by atoms with van der Waals surface area (Å²) in [5, 5.41) is 16.8. The number of thiophene rings is 1. The Morgan fingerprint density at radius 3 is 2.54 bits per heavy atom. The van der Waals surface area contributed by atoms with Crippen molar-refractivity contribution in [1.82, 2.24) is 5.32 Å². The van der Waals surface area contributed by atoms with Gasteiger partial charge in [0.25, 0.3) is 0 Å². The summed E-state index contributed by atoms with van der Waals surface area (Å²) in [6.07, 6.45) is 0.278. The summed E-state index contributed by atoms with van der Waals surface area (Å²) < 4.78 is 0. The second-order valence-electron chi connectivity index (χ2n) is 6.28. The molecule has 2 N–H and O–H groups in total. The van der Waals surface area contributed by atoms with E-state index in [-0.39, 0.29) is 31.1 Å². The Balaban J connectivity index is 1.82. The first-order valence-corrected chi connectivity index (χ1v) is 8.86. The molecule has 1 unspecified atom stereocenters. The average Bonchev–Trinajstić information content (AvgIpc) is 3.08. The van der Waals surface area contributed by atoms with Gasteiger partial charge in [-0.25, -0.2) is 0 Å². The van der Waals surface area contributed by atoms with Gasteiger partial charge in [-0.3, -0.25) is 9.59 Å². The molecule has 24 heavy (non-hydrogen) atoms. The number of aryl methyl sites for hydroxylation is 2. The number of Topliss-reactive ketones (excluding diaryl/α,β-unsaturated/α-hetero) is 1. The van der Waals surface area contributed by atoms with E-state index in [1.165, 1.54) is 11.3 Å². The van der Waals surface area contributed by atoms with Gasteiger partial charge < -0.3 is 10.4 Å². The number of aliphatic hydroxyl groups is 1. The second-order valence-corrected chi connectivity index (χ2v) is 7.06. The highest BCUT2D eigenvalue weighted by Crippen LogP contribution is 2.22. The van der Waals surface area contributed by atoms with Crippen molar-refractivity contribution >= 4 is 23.0 Å². The van der Waals surface area contributed by atoms with Crippen LogP contribution in [0.4, 0.5) is 0 Å². The van der Waals surface area contributed by atoms with Crippen LogP contribution >= 0.6 is 11.3 Å². The molecular formula is C19H23NO3S. The van der Waals surface area contributed by atoms with E-state index in [1.54, 1.807) is 13.0 Å². The lowest BCUT2D eigenvalue weighted by Crippen LogP contribution is -2.38. The lowest BCUT2D eigenvalue weighted by Gasteiger charge is -2.22. The molecule has 1 aromatic carbocycles. The molecule has 1 heterocycles. The third kappa shape index (κ3) is 4.76. The van der Waals surface area contributed by atoms with Crippen LogP contribution in [0, 0.1) is 13.8 Å². The highest BCUT2D eigenvalue weighted by Gasteiger charge is 2.24. The summed E-state index contributed by atoms with van der Waals surface area (Å²) in [4.78, 5) is 24.1. The van der Waals surface area contributed by atoms with Crippen molar-refractivity contribution in [3.8, 4) is 0 Å². The minimum Gasteiger partial charge on any atom is -0.384 e. The number of rotatable bonds is 7. The van der Waals surface area contributed by atoms with Gasteiger partial charge in [-0.2, -0.15) is 11.3 Å². The fraction of sp³-hybridized carbons (Fsp3) is 0.368. The number of ketones is 1. The Morgan fingerprint density at radius 1 is 1.17 bits per heavy atom. The van der Waals surface area contributed by atoms with E-state index in [0.717, 1.165) is 16.7 Å². The van der Waals surface area contributed by atoms with E-state index in [0.29, 0.717) is 5.56 Å². The third-order valence-electron chi connectivity index (χ3n) is 4.18.